The summed E-state index contributed by atoms with van der Waals surface area (Å²) in [7, 11) is 1.81. The molecule has 0 aliphatic rings. The van der Waals surface area contributed by atoms with E-state index in [9.17, 15) is 0 Å². The summed E-state index contributed by atoms with van der Waals surface area (Å²) >= 11 is 0. The SMILES string of the molecule is CNc1cc(CO)nnc1C. The van der Waals surface area contributed by atoms with Crippen LogP contribution in [0, 0.1) is 6.92 Å². The zero-order valence-electron chi connectivity index (χ0n) is 6.63. The van der Waals surface area contributed by atoms with Gasteiger partial charge in [0, 0.05) is 7.05 Å². The minimum Gasteiger partial charge on any atom is -0.390 e. The van der Waals surface area contributed by atoms with E-state index >= 15 is 0 Å². The first kappa shape index (κ1) is 7.94. The fourth-order valence-corrected chi connectivity index (χ4v) is 0.823. The Hall–Kier alpha value is -1.16. The molecule has 60 valence electrons. The molecule has 0 aliphatic heterocycles. The van der Waals surface area contributed by atoms with E-state index in [0.29, 0.717) is 5.69 Å². The number of aryl methyl sites for hydroxylation is 1. The molecule has 0 aliphatic carbocycles. The molecule has 0 bridgehead atoms. The normalized spacial score (nSPS) is 9.73. The summed E-state index contributed by atoms with van der Waals surface area (Å²) in [6.45, 7) is 1.79. The van der Waals surface area contributed by atoms with Gasteiger partial charge in [0.15, 0.2) is 0 Å². The van der Waals surface area contributed by atoms with E-state index in [-0.39, 0.29) is 6.61 Å². The largest absolute Gasteiger partial charge is 0.390 e. The maximum absolute atomic E-state index is 8.72. The smallest absolute Gasteiger partial charge is 0.0906 e. The molecular weight excluding hydrogens is 142 g/mol. The monoisotopic (exact) mass is 153 g/mol. The van der Waals surface area contributed by atoms with Crippen molar-refractivity contribution in [3.05, 3.63) is 17.5 Å². The number of rotatable bonds is 2. The van der Waals surface area contributed by atoms with E-state index in [0.717, 1.165) is 11.4 Å². The quantitative estimate of drug-likeness (QED) is 0.642. The van der Waals surface area contributed by atoms with Gasteiger partial charge in [0.05, 0.1) is 23.7 Å². The highest BCUT2D eigenvalue weighted by Gasteiger charge is 1.99. The highest BCUT2D eigenvalue weighted by Crippen LogP contribution is 2.10. The third-order valence-electron chi connectivity index (χ3n) is 1.46. The first-order valence-corrected chi connectivity index (χ1v) is 3.39. The number of nitrogens with zero attached hydrogens (tertiary/aromatic N) is 2. The van der Waals surface area contributed by atoms with Crippen LogP contribution in [-0.2, 0) is 6.61 Å². The number of hydrogen-bond donors (Lipinski definition) is 2. The van der Waals surface area contributed by atoms with Crippen molar-refractivity contribution in [2.45, 2.75) is 13.5 Å². The molecule has 11 heavy (non-hydrogen) atoms. The maximum Gasteiger partial charge on any atom is 0.0906 e. The van der Waals surface area contributed by atoms with Crippen LogP contribution in [0.5, 0.6) is 0 Å². The lowest BCUT2D eigenvalue weighted by molar-refractivity contribution is 0.275. The Morgan fingerprint density at radius 2 is 2.27 bits per heavy atom. The molecule has 0 radical (unpaired) electrons. The molecule has 0 atom stereocenters. The van der Waals surface area contributed by atoms with E-state index in [4.69, 9.17) is 5.11 Å². The fraction of sp³-hybridized carbons (Fsp3) is 0.429. The predicted molar refractivity (Wildman–Crippen MR) is 42.2 cm³/mol. The lowest BCUT2D eigenvalue weighted by atomic mass is 10.3. The molecule has 0 unspecified atom stereocenters. The summed E-state index contributed by atoms with van der Waals surface area (Å²) in [6.07, 6.45) is 0. The second-order valence-electron chi connectivity index (χ2n) is 2.24. The van der Waals surface area contributed by atoms with E-state index in [1.54, 1.807) is 6.07 Å². The number of aliphatic hydroxyl groups is 1. The number of nitrogens with one attached hydrogen (secondary N) is 1. The molecule has 1 heterocycles. The van der Waals surface area contributed by atoms with E-state index in [1.807, 2.05) is 14.0 Å². The van der Waals surface area contributed by atoms with Crippen LogP contribution in [0.25, 0.3) is 0 Å². The Labute approximate surface area is 65.3 Å². The maximum atomic E-state index is 8.72. The van der Waals surface area contributed by atoms with Crippen molar-refractivity contribution in [3.63, 3.8) is 0 Å². The van der Waals surface area contributed by atoms with Gasteiger partial charge in [-0.15, -0.1) is 0 Å². The summed E-state index contributed by atoms with van der Waals surface area (Å²) in [5, 5.41) is 19.3. The topological polar surface area (TPSA) is 58.0 Å². The Morgan fingerprint density at radius 3 is 2.82 bits per heavy atom. The van der Waals surface area contributed by atoms with Crippen molar-refractivity contribution < 1.29 is 5.11 Å². The highest BCUT2D eigenvalue weighted by molar-refractivity contribution is 5.46. The van der Waals surface area contributed by atoms with Gasteiger partial charge in [-0.2, -0.15) is 10.2 Å². The average molecular weight is 153 g/mol. The number of hydrogen-bond acceptors (Lipinski definition) is 4. The lowest BCUT2D eigenvalue weighted by Crippen LogP contribution is -2.00. The Bertz CT molecular complexity index is 249. The second-order valence-corrected chi connectivity index (χ2v) is 2.24. The molecule has 1 rings (SSSR count). The Kier molecular flexibility index (Phi) is 2.38. The van der Waals surface area contributed by atoms with E-state index in [1.165, 1.54) is 0 Å². The van der Waals surface area contributed by atoms with Crippen LogP contribution in [0.4, 0.5) is 5.69 Å². The van der Waals surface area contributed by atoms with Crippen LogP contribution in [0.2, 0.25) is 0 Å². The highest BCUT2D eigenvalue weighted by atomic mass is 16.3. The Balaban J connectivity index is 3.02. The van der Waals surface area contributed by atoms with Gasteiger partial charge >= 0.3 is 0 Å². The van der Waals surface area contributed by atoms with Crippen molar-refractivity contribution in [2.75, 3.05) is 12.4 Å². The van der Waals surface area contributed by atoms with Crippen LogP contribution in [0.3, 0.4) is 0 Å². The summed E-state index contributed by atoms with van der Waals surface area (Å²) in [5.41, 5.74) is 2.33. The van der Waals surface area contributed by atoms with Crippen molar-refractivity contribution in [2.24, 2.45) is 0 Å². The van der Waals surface area contributed by atoms with Gasteiger partial charge in [-0.05, 0) is 13.0 Å². The summed E-state index contributed by atoms with van der Waals surface area (Å²) in [6, 6.07) is 1.78. The van der Waals surface area contributed by atoms with Gasteiger partial charge in [0.25, 0.3) is 0 Å². The van der Waals surface area contributed by atoms with Crippen molar-refractivity contribution in [1.29, 1.82) is 0 Å². The third kappa shape index (κ3) is 1.65. The molecular formula is C7H11N3O. The number of anilines is 1. The molecule has 4 nitrogen and oxygen atoms in total. The zero-order chi connectivity index (χ0) is 8.27. The van der Waals surface area contributed by atoms with Gasteiger partial charge in [-0.25, -0.2) is 0 Å². The first-order valence-electron chi connectivity index (χ1n) is 3.39. The summed E-state index contributed by atoms with van der Waals surface area (Å²) in [4.78, 5) is 0. The zero-order valence-corrected chi connectivity index (χ0v) is 6.63. The van der Waals surface area contributed by atoms with Crippen LogP contribution in [-0.4, -0.2) is 22.4 Å². The van der Waals surface area contributed by atoms with E-state index < -0.39 is 0 Å². The first-order chi connectivity index (χ1) is 5.27. The van der Waals surface area contributed by atoms with Crippen LogP contribution in [0.1, 0.15) is 11.4 Å². The van der Waals surface area contributed by atoms with Crippen molar-refractivity contribution in [1.82, 2.24) is 10.2 Å². The second kappa shape index (κ2) is 3.30. The molecule has 0 fully saturated rings. The molecule has 1 aromatic heterocycles. The van der Waals surface area contributed by atoms with Gasteiger partial charge in [0.2, 0.25) is 0 Å². The van der Waals surface area contributed by atoms with Crippen LogP contribution in [0.15, 0.2) is 6.07 Å². The lowest BCUT2D eigenvalue weighted by Gasteiger charge is -2.03. The summed E-state index contributed by atoms with van der Waals surface area (Å²) < 4.78 is 0. The van der Waals surface area contributed by atoms with Gasteiger partial charge < -0.3 is 10.4 Å². The van der Waals surface area contributed by atoms with Crippen molar-refractivity contribution >= 4 is 5.69 Å². The third-order valence-corrected chi connectivity index (χ3v) is 1.46. The Morgan fingerprint density at radius 1 is 1.55 bits per heavy atom. The molecule has 0 saturated carbocycles. The average Bonchev–Trinajstić information content (AvgIpc) is 2.05. The molecule has 1 aromatic rings. The van der Waals surface area contributed by atoms with Gasteiger partial charge in [-0.3, -0.25) is 0 Å². The molecule has 2 N–H and O–H groups in total. The molecule has 0 spiro atoms. The van der Waals surface area contributed by atoms with Gasteiger partial charge in [0.1, 0.15) is 0 Å². The van der Waals surface area contributed by atoms with Crippen LogP contribution < -0.4 is 5.32 Å². The molecule has 0 amide bonds. The minimum absolute atomic E-state index is 0.0675. The number of aliphatic hydroxyl groups excluding tert-OH is 1. The van der Waals surface area contributed by atoms with Crippen molar-refractivity contribution in [3.8, 4) is 0 Å². The minimum atomic E-state index is -0.0675. The standard InChI is InChI=1S/C7H11N3O/c1-5-7(8-2)3-6(4-11)10-9-5/h3,11H,4H2,1-2H3,(H,8,10). The van der Waals surface area contributed by atoms with E-state index in [2.05, 4.69) is 15.5 Å². The van der Waals surface area contributed by atoms with Crippen LogP contribution >= 0.6 is 0 Å². The van der Waals surface area contributed by atoms with Gasteiger partial charge in [-0.1, -0.05) is 0 Å². The number of aromatic nitrogens is 2. The predicted octanol–water partition coefficient (Wildman–Crippen LogP) is 0.319. The molecule has 0 saturated heterocycles. The summed E-state index contributed by atoms with van der Waals surface area (Å²) in [5.74, 6) is 0. The fourth-order valence-electron chi connectivity index (χ4n) is 0.823. The molecule has 4 heteroatoms. The molecule has 0 aromatic carbocycles.